The van der Waals surface area contributed by atoms with Gasteiger partial charge in [0.15, 0.2) is 6.54 Å². The molecule has 0 saturated heterocycles. The molecule has 84 valence electrons. The second-order valence-electron chi connectivity index (χ2n) is 4.10. The van der Waals surface area contributed by atoms with Gasteiger partial charge in [-0.2, -0.15) is 4.57 Å². The molecule has 1 heterocycles. The predicted octanol–water partition coefficient (Wildman–Crippen LogP) is 3.25. The lowest BCUT2D eigenvalue weighted by Crippen LogP contribution is -2.36. The van der Waals surface area contributed by atoms with E-state index in [1.807, 2.05) is 41.0 Å². The van der Waals surface area contributed by atoms with Crippen LogP contribution in [0.3, 0.4) is 0 Å². The van der Waals surface area contributed by atoms with Crippen molar-refractivity contribution in [2.24, 2.45) is 0 Å². The van der Waals surface area contributed by atoms with Crippen LogP contribution in [0.5, 0.6) is 0 Å². The highest BCUT2D eigenvalue weighted by Gasteiger charge is 2.13. The fourth-order valence-corrected chi connectivity index (χ4v) is 2.33. The molecule has 0 N–H and O–H groups in total. The summed E-state index contributed by atoms with van der Waals surface area (Å²) in [4.78, 5) is 0. The van der Waals surface area contributed by atoms with Gasteiger partial charge in [-0.25, -0.2) is 4.39 Å². The minimum Gasteiger partial charge on any atom is -0.244 e. The molecular weight excluding hydrogens is 213 g/mol. The third-order valence-corrected chi connectivity index (χ3v) is 3.07. The Labute approximate surface area is 99.1 Å². The van der Waals surface area contributed by atoms with Crippen LogP contribution in [0.4, 0.5) is 4.39 Å². The van der Waals surface area contributed by atoms with Gasteiger partial charge in [0.1, 0.15) is 6.67 Å². The number of benzene rings is 2. The van der Waals surface area contributed by atoms with E-state index in [9.17, 15) is 4.39 Å². The standard InChI is InChI=1S/C15H13FN/c16-9-10-17-14-7-3-1-5-12(14)11-13-6-2-4-8-15(13)17/h1-8,11H,9-10H2/q+1. The minimum absolute atomic E-state index is 0.345. The molecule has 0 aliphatic rings. The molecule has 2 heteroatoms. The Hall–Kier alpha value is -1.96. The molecule has 0 aliphatic carbocycles. The first kappa shape index (κ1) is 10.2. The van der Waals surface area contributed by atoms with Crippen LogP contribution >= 0.6 is 0 Å². The van der Waals surface area contributed by atoms with Crippen molar-refractivity contribution in [1.82, 2.24) is 0 Å². The van der Waals surface area contributed by atoms with E-state index >= 15 is 0 Å². The maximum absolute atomic E-state index is 12.7. The molecule has 1 nitrogen and oxygen atoms in total. The third-order valence-electron chi connectivity index (χ3n) is 3.07. The Kier molecular flexibility index (Phi) is 2.48. The number of halogens is 1. The second-order valence-corrected chi connectivity index (χ2v) is 4.10. The molecule has 17 heavy (non-hydrogen) atoms. The lowest BCUT2D eigenvalue weighted by atomic mass is 10.1. The third kappa shape index (κ3) is 1.66. The van der Waals surface area contributed by atoms with Crippen molar-refractivity contribution in [1.29, 1.82) is 0 Å². The highest BCUT2D eigenvalue weighted by Crippen LogP contribution is 2.17. The van der Waals surface area contributed by atoms with Gasteiger partial charge < -0.3 is 0 Å². The van der Waals surface area contributed by atoms with E-state index in [2.05, 4.69) is 18.2 Å². The van der Waals surface area contributed by atoms with Crippen LogP contribution in [-0.4, -0.2) is 6.67 Å². The fourth-order valence-electron chi connectivity index (χ4n) is 2.33. The van der Waals surface area contributed by atoms with Crippen LogP contribution in [0.15, 0.2) is 54.6 Å². The summed E-state index contributed by atoms with van der Waals surface area (Å²) in [5, 5.41) is 2.30. The van der Waals surface area contributed by atoms with Crippen molar-refractivity contribution in [2.45, 2.75) is 6.54 Å². The number of para-hydroxylation sites is 2. The Morgan fingerprint density at radius 1 is 0.824 bits per heavy atom. The molecule has 0 aliphatic heterocycles. The summed E-state index contributed by atoms with van der Waals surface area (Å²) in [6, 6.07) is 18.4. The van der Waals surface area contributed by atoms with Gasteiger partial charge in [0.25, 0.3) is 0 Å². The highest BCUT2D eigenvalue weighted by molar-refractivity contribution is 5.88. The summed E-state index contributed by atoms with van der Waals surface area (Å²) in [5.74, 6) is 0. The summed E-state index contributed by atoms with van der Waals surface area (Å²) in [7, 11) is 0. The molecule has 0 amide bonds. The Balaban J connectivity index is 2.47. The highest BCUT2D eigenvalue weighted by atomic mass is 19.1. The first-order valence-corrected chi connectivity index (χ1v) is 5.76. The van der Waals surface area contributed by atoms with E-state index in [0.717, 1.165) is 21.8 Å². The zero-order valence-electron chi connectivity index (χ0n) is 9.44. The topological polar surface area (TPSA) is 3.88 Å². The van der Waals surface area contributed by atoms with E-state index < -0.39 is 0 Å². The summed E-state index contributed by atoms with van der Waals surface area (Å²) >= 11 is 0. The van der Waals surface area contributed by atoms with Gasteiger partial charge >= 0.3 is 0 Å². The average Bonchev–Trinajstić information content (AvgIpc) is 2.39. The van der Waals surface area contributed by atoms with Gasteiger partial charge in [-0.15, -0.1) is 0 Å². The Morgan fingerprint density at radius 3 is 1.88 bits per heavy atom. The number of aromatic nitrogens is 1. The predicted molar refractivity (Wildman–Crippen MR) is 67.6 cm³/mol. The van der Waals surface area contributed by atoms with Crippen LogP contribution in [0.1, 0.15) is 0 Å². The molecule has 2 aromatic carbocycles. The number of rotatable bonds is 2. The van der Waals surface area contributed by atoms with Crippen LogP contribution in [0.2, 0.25) is 0 Å². The van der Waals surface area contributed by atoms with Crippen LogP contribution < -0.4 is 4.57 Å². The number of aryl methyl sites for hydroxylation is 1. The number of pyridine rings is 1. The van der Waals surface area contributed by atoms with Gasteiger partial charge in [0, 0.05) is 22.9 Å². The number of hydrogen-bond donors (Lipinski definition) is 0. The van der Waals surface area contributed by atoms with E-state index in [0.29, 0.717) is 6.54 Å². The van der Waals surface area contributed by atoms with Crippen LogP contribution in [0, 0.1) is 0 Å². The van der Waals surface area contributed by atoms with E-state index in [1.54, 1.807) is 0 Å². The quantitative estimate of drug-likeness (QED) is 0.466. The number of alkyl halides is 1. The Bertz CT molecular complexity index is 622. The van der Waals surface area contributed by atoms with Crippen LogP contribution in [0.25, 0.3) is 21.8 Å². The monoisotopic (exact) mass is 226 g/mol. The van der Waals surface area contributed by atoms with Crippen molar-refractivity contribution in [3.05, 3.63) is 54.6 Å². The fraction of sp³-hybridized carbons (Fsp3) is 0.133. The molecule has 0 fully saturated rings. The van der Waals surface area contributed by atoms with Gasteiger partial charge in [-0.3, -0.25) is 0 Å². The molecule has 3 rings (SSSR count). The molecule has 0 saturated carbocycles. The van der Waals surface area contributed by atoms with Gasteiger partial charge in [-0.05, 0) is 18.2 Å². The normalized spacial score (nSPS) is 11.1. The molecule has 0 radical (unpaired) electrons. The zero-order chi connectivity index (χ0) is 11.7. The van der Waals surface area contributed by atoms with Crippen molar-refractivity contribution in [3.8, 4) is 0 Å². The number of hydrogen-bond acceptors (Lipinski definition) is 0. The minimum atomic E-state index is -0.345. The van der Waals surface area contributed by atoms with Crippen molar-refractivity contribution >= 4 is 21.8 Å². The summed E-state index contributed by atoms with van der Waals surface area (Å²) in [6.45, 7) is 0.0601. The number of fused-ring (bicyclic) bond motifs is 2. The lowest BCUT2D eigenvalue weighted by molar-refractivity contribution is -0.645. The Morgan fingerprint density at radius 2 is 1.35 bits per heavy atom. The number of nitrogens with zero attached hydrogens (tertiary/aromatic N) is 1. The first-order chi connectivity index (χ1) is 8.40. The lowest BCUT2D eigenvalue weighted by Gasteiger charge is -2.03. The average molecular weight is 226 g/mol. The van der Waals surface area contributed by atoms with Gasteiger partial charge in [-0.1, -0.05) is 24.3 Å². The molecule has 0 atom stereocenters. The van der Waals surface area contributed by atoms with Gasteiger partial charge in [0.05, 0.1) is 0 Å². The molecule has 3 aromatic rings. The summed E-state index contributed by atoms with van der Waals surface area (Å²) in [6.07, 6.45) is 0. The van der Waals surface area contributed by atoms with E-state index in [1.165, 1.54) is 0 Å². The molecular formula is C15H13FN+. The summed E-state index contributed by atoms with van der Waals surface area (Å²) in [5.41, 5.74) is 2.17. The molecule has 1 aromatic heterocycles. The first-order valence-electron chi connectivity index (χ1n) is 5.76. The van der Waals surface area contributed by atoms with Crippen LogP contribution in [-0.2, 0) is 6.54 Å². The smallest absolute Gasteiger partial charge is 0.213 e. The maximum atomic E-state index is 12.7. The van der Waals surface area contributed by atoms with Crippen molar-refractivity contribution < 1.29 is 8.96 Å². The second kappa shape index (κ2) is 4.13. The molecule has 0 spiro atoms. The summed E-state index contributed by atoms with van der Waals surface area (Å²) < 4.78 is 14.8. The largest absolute Gasteiger partial charge is 0.244 e. The molecule has 0 unspecified atom stereocenters. The molecule has 0 bridgehead atoms. The SMILES string of the molecule is FCC[n+]1c2ccccc2cc2ccccc21. The van der Waals surface area contributed by atoms with Crippen molar-refractivity contribution in [2.75, 3.05) is 6.67 Å². The van der Waals surface area contributed by atoms with E-state index in [-0.39, 0.29) is 6.67 Å². The van der Waals surface area contributed by atoms with E-state index in [4.69, 9.17) is 0 Å². The maximum Gasteiger partial charge on any atom is 0.213 e. The zero-order valence-corrected chi connectivity index (χ0v) is 9.44. The van der Waals surface area contributed by atoms with Crippen molar-refractivity contribution in [3.63, 3.8) is 0 Å². The van der Waals surface area contributed by atoms with Gasteiger partial charge in [0.2, 0.25) is 11.0 Å².